The summed E-state index contributed by atoms with van der Waals surface area (Å²) >= 11 is 0. The van der Waals surface area contributed by atoms with E-state index in [1.807, 2.05) is 43.3 Å². The average molecular weight is 391 g/mol. The Morgan fingerprint density at radius 2 is 1.36 bits per heavy atom. The molecule has 0 aliphatic heterocycles. The second kappa shape index (κ2) is 7.24. The van der Waals surface area contributed by atoms with E-state index >= 15 is 0 Å². The molecule has 1 fully saturated rings. The number of hydrogen-bond donors (Lipinski definition) is 1. The standard InChI is InChI=1S/C23H22N2O2S/c1-18-12-14-21(15-13-18)28(26,27)25-24-22-16-17-23(22,19-8-4-2-5-9-19)20-10-6-3-7-11-20/h2-15,25H,16-17H2,1H3/b24-22+. The first-order valence-corrected chi connectivity index (χ1v) is 10.8. The zero-order valence-corrected chi connectivity index (χ0v) is 16.5. The third-order valence-electron chi connectivity index (χ3n) is 5.39. The van der Waals surface area contributed by atoms with Crippen molar-refractivity contribution >= 4 is 15.7 Å². The first kappa shape index (κ1) is 18.4. The number of hydrazone groups is 1. The van der Waals surface area contributed by atoms with Crippen molar-refractivity contribution in [3.8, 4) is 0 Å². The van der Waals surface area contributed by atoms with E-state index < -0.39 is 15.4 Å². The van der Waals surface area contributed by atoms with E-state index in [2.05, 4.69) is 34.2 Å². The van der Waals surface area contributed by atoms with E-state index in [1.165, 1.54) is 0 Å². The molecule has 142 valence electrons. The van der Waals surface area contributed by atoms with Gasteiger partial charge >= 0.3 is 0 Å². The van der Waals surface area contributed by atoms with Gasteiger partial charge in [-0.05, 0) is 43.0 Å². The number of aryl methyl sites for hydroxylation is 1. The minimum atomic E-state index is -3.70. The molecule has 1 N–H and O–H groups in total. The molecule has 3 aromatic carbocycles. The van der Waals surface area contributed by atoms with Gasteiger partial charge in [-0.15, -0.1) is 0 Å². The van der Waals surface area contributed by atoms with Gasteiger partial charge in [0.05, 0.1) is 16.0 Å². The van der Waals surface area contributed by atoms with Crippen molar-refractivity contribution in [1.82, 2.24) is 4.83 Å². The lowest BCUT2D eigenvalue weighted by Gasteiger charge is -2.44. The van der Waals surface area contributed by atoms with Gasteiger partial charge in [0.1, 0.15) is 0 Å². The van der Waals surface area contributed by atoms with Crippen molar-refractivity contribution in [3.63, 3.8) is 0 Å². The Kier molecular flexibility index (Phi) is 4.77. The molecule has 1 saturated carbocycles. The molecule has 0 amide bonds. The monoisotopic (exact) mass is 390 g/mol. The van der Waals surface area contributed by atoms with Gasteiger partial charge in [0.25, 0.3) is 10.0 Å². The molecule has 0 unspecified atom stereocenters. The predicted molar refractivity (Wildman–Crippen MR) is 112 cm³/mol. The molecule has 1 aliphatic carbocycles. The molecule has 0 bridgehead atoms. The first-order chi connectivity index (χ1) is 13.5. The smallest absolute Gasteiger partial charge is 0.200 e. The second-order valence-electron chi connectivity index (χ2n) is 7.10. The maximum absolute atomic E-state index is 12.7. The Labute approximate surface area is 166 Å². The molecular formula is C23H22N2O2S. The summed E-state index contributed by atoms with van der Waals surface area (Å²) in [7, 11) is -3.70. The fourth-order valence-corrected chi connectivity index (χ4v) is 4.59. The quantitative estimate of drug-likeness (QED) is 0.656. The molecular weight excluding hydrogens is 368 g/mol. The lowest BCUT2D eigenvalue weighted by molar-refractivity contribution is 0.532. The molecule has 0 atom stereocenters. The summed E-state index contributed by atoms with van der Waals surface area (Å²) in [5.74, 6) is 0. The first-order valence-electron chi connectivity index (χ1n) is 9.29. The van der Waals surface area contributed by atoms with Crippen molar-refractivity contribution in [2.24, 2.45) is 5.10 Å². The lowest BCUT2D eigenvalue weighted by atomic mass is 9.59. The van der Waals surface area contributed by atoms with Crippen molar-refractivity contribution in [2.75, 3.05) is 0 Å². The molecule has 0 radical (unpaired) electrons. The van der Waals surface area contributed by atoms with Crippen molar-refractivity contribution in [3.05, 3.63) is 102 Å². The van der Waals surface area contributed by atoms with Crippen LogP contribution in [0.2, 0.25) is 0 Å². The lowest BCUT2D eigenvalue weighted by Crippen LogP contribution is -2.47. The summed E-state index contributed by atoms with van der Waals surface area (Å²) in [6.07, 6.45) is 1.65. The van der Waals surface area contributed by atoms with Crippen molar-refractivity contribution < 1.29 is 8.42 Å². The van der Waals surface area contributed by atoms with Gasteiger partial charge in [-0.25, -0.2) is 4.83 Å². The number of nitrogens with one attached hydrogen (secondary N) is 1. The summed E-state index contributed by atoms with van der Waals surface area (Å²) in [6, 6.07) is 27.1. The van der Waals surface area contributed by atoms with Crippen LogP contribution in [0, 0.1) is 6.92 Å². The molecule has 4 nitrogen and oxygen atoms in total. The van der Waals surface area contributed by atoms with Crippen molar-refractivity contribution in [2.45, 2.75) is 30.1 Å². The maximum Gasteiger partial charge on any atom is 0.276 e. The van der Waals surface area contributed by atoms with E-state index in [1.54, 1.807) is 24.3 Å². The highest BCUT2D eigenvalue weighted by Crippen LogP contribution is 2.46. The largest absolute Gasteiger partial charge is 0.276 e. The average Bonchev–Trinajstić information content (AvgIpc) is 2.70. The molecule has 4 rings (SSSR count). The van der Waals surface area contributed by atoms with Crippen LogP contribution >= 0.6 is 0 Å². The Balaban J connectivity index is 1.71. The minimum Gasteiger partial charge on any atom is -0.200 e. The van der Waals surface area contributed by atoms with Gasteiger partial charge < -0.3 is 0 Å². The van der Waals surface area contributed by atoms with Gasteiger partial charge in [0, 0.05) is 0 Å². The normalized spacial score (nSPS) is 17.1. The minimum absolute atomic E-state index is 0.215. The number of hydrogen-bond acceptors (Lipinski definition) is 3. The van der Waals surface area contributed by atoms with Crippen LogP contribution in [-0.2, 0) is 15.4 Å². The van der Waals surface area contributed by atoms with Gasteiger partial charge in [0.2, 0.25) is 0 Å². The molecule has 3 aromatic rings. The Bertz CT molecular complexity index is 1050. The number of rotatable bonds is 5. The highest BCUT2D eigenvalue weighted by molar-refractivity contribution is 7.89. The number of nitrogens with zero attached hydrogens (tertiary/aromatic N) is 1. The SMILES string of the molecule is Cc1ccc(S(=O)(=O)N/N=C2\CCC2(c2ccccc2)c2ccccc2)cc1. The van der Waals surface area contributed by atoms with Crippen LogP contribution in [0.25, 0.3) is 0 Å². The molecule has 0 heterocycles. The van der Waals surface area contributed by atoms with Crippen LogP contribution in [0.1, 0.15) is 29.5 Å². The summed E-state index contributed by atoms with van der Waals surface area (Å²) in [5, 5.41) is 4.38. The van der Waals surface area contributed by atoms with Gasteiger partial charge in [-0.1, -0.05) is 78.4 Å². The van der Waals surface area contributed by atoms with Gasteiger partial charge in [0.15, 0.2) is 0 Å². The molecule has 5 heteroatoms. The molecule has 0 spiro atoms. The topological polar surface area (TPSA) is 58.5 Å². The second-order valence-corrected chi connectivity index (χ2v) is 8.76. The van der Waals surface area contributed by atoms with Crippen LogP contribution in [0.15, 0.2) is 94.9 Å². The predicted octanol–water partition coefficient (Wildman–Crippen LogP) is 4.41. The van der Waals surface area contributed by atoms with Crippen LogP contribution in [0.4, 0.5) is 0 Å². The van der Waals surface area contributed by atoms with Crippen LogP contribution < -0.4 is 4.83 Å². The zero-order valence-electron chi connectivity index (χ0n) is 15.7. The van der Waals surface area contributed by atoms with Crippen LogP contribution in [0.5, 0.6) is 0 Å². The number of sulfonamides is 1. The van der Waals surface area contributed by atoms with Crippen molar-refractivity contribution in [1.29, 1.82) is 0 Å². The summed E-state index contributed by atoms with van der Waals surface area (Å²) < 4.78 is 25.3. The highest BCUT2D eigenvalue weighted by Gasteiger charge is 2.47. The molecule has 28 heavy (non-hydrogen) atoms. The Morgan fingerprint density at radius 3 is 1.82 bits per heavy atom. The fourth-order valence-electron chi connectivity index (χ4n) is 3.76. The highest BCUT2D eigenvalue weighted by atomic mass is 32.2. The molecule has 1 aliphatic rings. The van der Waals surface area contributed by atoms with Gasteiger partial charge in [-0.3, -0.25) is 0 Å². The van der Waals surface area contributed by atoms with E-state index in [0.29, 0.717) is 0 Å². The summed E-state index contributed by atoms with van der Waals surface area (Å²) in [5.41, 5.74) is 3.71. The Hall–Kier alpha value is -2.92. The van der Waals surface area contributed by atoms with Crippen LogP contribution in [0.3, 0.4) is 0 Å². The third kappa shape index (κ3) is 3.22. The fraction of sp³-hybridized carbons (Fsp3) is 0.174. The maximum atomic E-state index is 12.7. The number of benzene rings is 3. The van der Waals surface area contributed by atoms with Gasteiger partial charge in [-0.2, -0.15) is 13.5 Å². The van der Waals surface area contributed by atoms with E-state index in [0.717, 1.165) is 35.2 Å². The molecule has 0 aromatic heterocycles. The summed E-state index contributed by atoms with van der Waals surface area (Å²) in [4.78, 5) is 2.67. The zero-order chi connectivity index (χ0) is 19.6. The van der Waals surface area contributed by atoms with Crippen LogP contribution in [-0.4, -0.2) is 14.1 Å². The van der Waals surface area contributed by atoms with E-state index in [-0.39, 0.29) is 4.90 Å². The Morgan fingerprint density at radius 1 is 0.821 bits per heavy atom. The third-order valence-corrected chi connectivity index (χ3v) is 6.62. The summed E-state index contributed by atoms with van der Waals surface area (Å²) in [6.45, 7) is 1.92. The van der Waals surface area contributed by atoms with E-state index in [4.69, 9.17) is 0 Å². The van der Waals surface area contributed by atoms with E-state index in [9.17, 15) is 8.42 Å². The molecule has 0 saturated heterocycles.